The molecule has 26 nitrogen and oxygen atoms in total. The topological polar surface area (TPSA) is 376 Å². The summed E-state index contributed by atoms with van der Waals surface area (Å²) in [6.45, 7) is 21.3. The van der Waals surface area contributed by atoms with Gasteiger partial charge in [-0.15, -0.1) is 11.3 Å². The van der Waals surface area contributed by atoms with Crippen LogP contribution in [-0.4, -0.2) is 162 Å². The first-order valence-corrected chi connectivity index (χ1v) is 40.5. The third kappa shape index (κ3) is 27.8. The van der Waals surface area contributed by atoms with E-state index in [2.05, 4.69) is 42.5 Å². The Morgan fingerprint density at radius 3 is 1.69 bits per heavy atom. The second kappa shape index (κ2) is 41.9. The summed E-state index contributed by atoms with van der Waals surface area (Å²) in [6, 6.07) is 27.2. The smallest absolute Gasteiger partial charge is 0.407 e. The molecule has 616 valence electrons. The lowest BCUT2D eigenvalue weighted by atomic mass is 9.68. The molecule has 0 radical (unpaired) electrons. The van der Waals surface area contributed by atoms with Crippen molar-refractivity contribution in [2.24, 2.45) is 22.8 Å². The first-order valence-electron chi connectivity index (χ1n) is 39.6. The third-order valence-corrected chi connectivity index (χ3v) is 21.3. The van der Waals surface area contributed by atoms with Crippen LogP contribution in [0.5, 0.6) is 5.75 Å². The monoisotopic (exact) mass is 1580 g/mol. The Morgan fingerprint density at radius 1 is 0.593 bits per heavy atom. The summed E-state index contributed by atoms with van der Waals surface area (Å²) < 4.78 is 23.1. The van der Waals surface area contributed by atoms with Crippen molar-refractivity contribution in [3.63, 3.8) is 0 Å². The SMILES string of the molecule is CC[C@@H](C)[C@H](NC(=O)[C@H](N)Cc1cccs1)C(=O)N[C@H](C(=O)N[C@@H](CC(=O)NC(c1ccccc1)(c1ccccc1)c1ccccc1)C(=O)N[C@@H](CCCC1(CC(=O)OC)CCCCC1)C(=O)N1CCC[C@H]1C(=O)N[C@@H](CCCNC(=O)OC(C)(C)C)C(=O)N[C@@H](Cc1ccc(OC(C)(C)C)cc1)C(N)=O)[C@H](C)OC(C)(C)C. The minimum absolute atomic E-state index is 0.00436. The van der Waals surface area contributed by atoms with E-state index in [1.807, 2.05) is 136 Å². The van der Waals surface area contributed by atoms with E-state index >= 15 is 24.0 Å². The number of primary amides is 1. The Bertz CT molecular complexity index is 3860. The lowest BCUT2D eigenvalue weighted by Gasteiger charge is -2.38. The number of nitrogens with one attached hydrogen (secondary N) is 8. The number of esters is 1. The van der Waals surface area contributed by atoms with Crippen LogP contribution in [0.2, 0.25) is 0 Å². The number of amides is 10. The number of hydrogen-bond donors (Lipinski definition) is 10. The molecule has 27 heteroatoms. The number of thiophene rings is 1. The van der Waals surface area contributed by atoms with Crippen molar-refractivity contribution >= 4 is 76.6 Å². The highest BCUT2D eigenvalue weighted by Crippen LogP contribution is 2.44. The lowest BCUT2D eigenvalue weighted by Crippen LogP contribution is -2.63. The molecule has 0 spiro atoms. The molecule has 1 aromatic heterocycles. The molecule has 5 aromatic rings. The van der Waals surface area contributed by atoms with Gasteiger partial charge in [-0.25, -0.2) is 4.79 Å². The van der Waals surface area contributed by atoms with Crippen molar-refractivity contribution < 1.29 is 71.7 Å². The number of carbonyl (C=O) groups excluding carboxylic acids is 11. The van der Waals surface area contributed by atoms with Gasteiger partial charge in [0.1, 0.15) is 64.8 Å². The highest BCUT2D eigenvalue weighted by Gasteiger charge is 2.45. The summed E-state index contributed by atoms with van der Waals surface area (Å²) in [7, 11) is 1.33. The third-order valence-electron chi connectivity index (χ3n) is 20.4. The van der Waals surface area contributed by atoms with Gasteiger partial charge in [0.15, 0.2) is 0 Å². The average Bonchev–Trinajstić information content (AvgIpc) is 1.07. The zero-order chi connectivity index (χ0) is 82.8. The van der Waals surface area contributed by atoms with Crippen molar-refractivity contribution in [1.29, 1.82) is 0 Å². The standard InChI is InChI=1S/C86H121N11O15S/c1-14-55(2)71(94-74(101)63(87)52-62-37-30-50-113-62)78(105)95-72(56(3)110-82(4,5)6)79(106)93-67(53-69(98)96-86(58-31-19-15-20-32-58,59-33-21-16-22-34-59)60-35-23-17-24-36-60)76(103)91-65(38-27-47-85(54-70(99)109-13)45-25-18-26-46-85)80(107)97-49-29-40-68(97)77(104)90-64(39-28-48-89-81(108)112-84(10,11)12)75(102)92-66(73(88)100)51-57-41-43-61(44-42-57)111-83(7,8)9/h15-17,19-24,30-37,41-44,50,55-56,63-68,71-72H,14,18,25-29,38-40,45-49,51-54,87H2,1-13H3,(H2,88,100)(H,89,108)(H,90,104)(H,91,103)(H,92,102)(H,93,106)(H,94,101)(H,95,105)(H,96,98)/t55-,56+,63-,64+,65+,66+,67+,68+,71+,72+/m1/s1. The zero-order valence-electron chi connectivity index (χ0n) is 68.0. The number of ether oxygens (including phenoxy) is 4. The molecular weight excluding hydrogens is 1460 g/mol. The fourth-order valence-electron chi connectivity index (χ4n) is 14.7. The van der Waals surface area contributed by atoms with Gasteiger partial charge in [-0.3, -0.25) is 47.9 Å². The van der Waals surface area contributed by atoms with E-state index in [1.54, 1.807) is 79.7 Å². The molecule has 0 bridgehead atoms. The molecule has 113 heavy (non-hydrogen) atoms. The highest BCUT2D eigenvalue weighted by atomic mass is 32.1. The van der Waals surface area contributed by atoms with Crippen molar-refractivity contribution in [2.45, 2.75) is 269 Å². The van der Waals surface area contributed by atoms with Crippen molar-refractivity contribution in [3.8, 4) is 5.75 Å². The van der Waals surface area contributed by atoms with E-state index < -0.39 is 160 Å². The van der Waals surface area contributed by atoms with Gasteiger partial charge in [0.05, 0.1) is 37.7 Å². The summed E-state index contributed by atoms with van der Waals surface area (Å²) in [4.78, 5) is 164. The van der Waals surface area contributed by atoms with Gasteiger partial charge in [0.2, 0.25) is 53.2 Å². The van der Waals surface area contributed by atoms with Crippen LogP contribution < -0.4 is 58.7 Å². The van der Waals surface area contributed by atoms with Crippen LogP contribution in [0, 0.1) is 11.3 Å². The van der Waals surface area contributed by atoms with Crippen LogP contribution in [0.1, 0.15) is 207 Å². The number of methoxy groups -OCH3 is 1. The van der Waals surface area contributed by atoms with Crippen molar-refractivity contribution in [3.05, 3.63) is 160 Å². The first kappa shape index (κ1) is 90.5. The number of rotatable bonds is 39. The van der Waals surface area contributed by atoms with Gasteiger partial charge in [-0.05, 0) is 178 Å². The molecule has 4 aromatic carbocycles. The van der Waals surface area contributed by atoms with Gasteiger partial charge in [0, 0.05) is 30.8 Å². The van der Waals surface area contributed by atoms with Gasteiger partial charge in [-0.2, -0.15) is 0 Å². The van der Waals surface area contributed by atoms with Crippen LogP contribution in [0.3, 0.4) is 0 Å². The second-order valence-corrected chi connectivity index (χ2v) is 34.0. The molecule has 1 saturated carbocycles. The quantitative estimate of drug-likeness (QED) is 0.00995. The number of hydrogen-bond acceptors (Lipinski definition) is 17. The molecule has 1 saturated heterocycles. The van der Waals surface area contributed by atoms with E-state index in [0.717, 1.165) is 24.1 Å². The van der Waals surface area contributed by atoms with Gasteiger partial charge in [-0.1, -0.05) is 155 Å². The number of nitrogens with two attached hydrogens (primary N) is 2. The van der Waals surface area contributed by atoms with E-state index in [4.69, 9.17) is 30.4 Å². The fourth-order valence-corrected chi connectivity index (χ4v) is 15.5. The molecule has 1 aliphatic heterocycles. The lowest BCUT2D eigenvalue weighted by molar-refractivity contribution is -0.145. The van der Waals surface area contributed by atoms with Gasteiger partial charge < -0.3 is 77.8 Å². The molecule has 2 fully saturated rings. The Balaban J connectivity index is 1.28. The van der Waals surface area contributed by atoms with Crippen LogP contribution in [0.25, 0.3) is 0 Å². The predicted octanol–water partition coefficient (Wildman–Crippen LogP) is 9.16. The number of nitrogens with zero attached hydrogens (tertiary/aromatic N) is 1. The molecule has 2 heterocycles. The van der Waals surface area contributed by atoms with Crippen molar-refractivity contribution in [2.75, 3.05) is 20.2 Å². The zero-order valence-corrected chi connectivity index (χ0v) is 68.9. The molecule has 0 unspecified atom stereocenters. The normalized spacial score (nSPS) is 16.8. The average molecular weight is 1580 g/mol. The Kier molecular flexibility index (Phi) is 33.5. The van der Waals surface area contributed by atoms with Crippen LogP contribution in [0.15, 0.2) is 133 Å². The van der Waals surface area contributed by atoms with E-state index in [9.17, 15) is 28.8 Å². The maximum atomic E-state index is 16.1. The Labute approximate surface area is 670 Å². The largest absolute Gasteiger partial charge is 0.488 e. The molecule has 10 amide bonds. The number of likely N-dealkylation sites (tertiary alicyclic amines) is 1. The number of alkyl carbamates (subject to hydrolysis) is 1. The summed E-state index contributed by atoms with van der Waals surface area (Å²) >= 11 is 1.43. The maximum absolute atomic E-state index is 16.1. The number of carbonyl (C=O) groups is 11. The van der Waals surface area contributed by atoms with Crippen LogP contribution in [0.4, 0.5) is 4.79 Å². The molecule has 10 atom stereocenters. The van der Waals surface area contributed by atoms with Gasteiger partial charge in [0.25, 0.3) is 0 Å². The van der Waals surface area contributed by atoms with Crippen LogP contribution >= 0.6 is 11.3 Å². The van der Waals surface area contributed by atoms with Crippen LogP contribution in [-0.2, 0) is 80.5 Å². The summed E-state index contributed by atoms with van der Waals surface area (Å²) in [5.41, 5.74) is 10.8. The summed E-state index contributed by atoms with van der Waals surface area (Å²) in [5.74, 6) is -7.53. The first-order chi connectivity index (χ1) is 53.4. The van der Waals surface area contributed by atoms with Gasteiger partial charge >= 0.3 is 12.1 Å². The summed E-state index contributed by atoms with van der Waals surface area (Å²) in [6.07, 6.45) is 3.08. The number of benzene rings is 4. The molecular formula is C86H121N11O15S. The van der Waals surface area contributed by atoms with E-state index in [1.165, 1.54) is 23.3 Å². The minimum Gasteiger partial charge on any atom is -0.488 e. The van der Waals surface area contributed by atoms with E-state index in [-0.39, 0.29) is 64.5 Å². The molecule has 7 rings (SSSR count). The second-order valence-electron chi connectivity index (χ2n) is 33.0. The summed E-state index contributed by atoms with van der Waals surface area (Å²) in [5, 5.41) is 24.9. The molecule has 12 N–H and O–H groups in total. The van der Waals surface area contributed by atoms with E-state index in [0.29, 0.717) is 60.1 Å². The predicted molar refractivity (Wildman–Crippen MR) is 433 cm³/mol. The maximum Gasteiger partial charge on any atom is 0.407 e. The minimum atomic E-state index is -1.85. The highest BCUT2D eigenvalue weighted by molar-refractivity contribution is 7.09. The molecule has 2 aliphatic rings. The molecule has 1 aliphatic carbocycles. The fraction of sp³-hybridized carbons (Fsp3) is 0.547. The Morgan fingerprint density at radius 2 is 1.15 bits per heavy atom. The van der Waals surface area contributed by atoms with Crippen molar-refractivity contribution in [1.82, 2.24) is 47.4 Å². The Hall–Kier alpha value is -9.73.